The number of rotatable bonds is 1. The third-order valence-electron chi connectivity index (χ3n) is 3.26. The van der Waals surface area contributed by atoms with E-state index in [2.05, 4.69) is 4.90 Å². The van der Waals surface area contributed by atoms with Crippen LogP contribution in [0.5, 0.6) is 0 Å². The summed E-state index contributed by atoms with van der Waals surface area (Å²) in [6.45, 7) is 5.04. The van der Waals surface area contributed by atoms with Crippen LogP contribution < -0.4 is 10.3 Å². The fraction of sp³-hybridized carbons (Fsp3) is 0.357. The van der Waals surface area contributed by atoms with Gasteiger partial charge in [-0.1, -0.05) is 11.6 Å². The normalized spacial score (nSPS) is 16.2. The molecular formula is C14H15NO2S. The second kappa shape index (κ2) is 4.71. The first-order valence-corrected chi connectivity index (χ1v) is 6.98. The van der Waals surface area contributed by atoms with Crippen LogP contribution in [0, 0.1) is 6.92 Å². The quantitative estimate of drug-likeness (QED) is 0.789. The first kappa shape index (κ1) is 11.7. The lowest BCUT2D eigenvalue weighted by molar-refractivity contribution is 0.122. The molecule has 1 fully saturated rings. The van der Waals surface area contributed by atoms with Gasteiger partial charge in [0.25, 0.3) is 0 Å². The Bertz CT molecular complexity index is 629. The molecular weight excluding hydrogens is 246 g/mol. The van der Waals surface area contributed by atoms with E-state index in [0.29, 0.717) is 13.2 Å². The summed E-state index contributed by atoms with van der Waals surface area (Å²) in [5, 5.41) is 2.81. The van der Waals surface area contributed by atoms with Crippen LogP contribution in [0.4, 0.5) is 5.69 Å². The zero-order valence-corrected chi connectivity index (χ0v) is 11.1. The largest absolute Gasteiger partial charge is 0.378 e. The Balaban J connectivity index is 2.13. The second-order valence-electron chi connectivity index (χ2n) is 4.55. The molecule has 1 aliphatic rings. The summed E-state index contributed by atoms with van der Waals surface area (Å²) >= 11 is 1.64. The van der Waals surface area contributed by atoms with Crippen LogP contribution in [0.3, 0.4) is 0 Å². The molecule has 0 spiro atoms. The molecule has 0 aliphatic carbocycles. The maximum absolute atomic E-state index is 12.5. The van der Waals surface area contributed by atoms with E-state index in [4.69, 9.17) is 4.74 Å². The molecule has 18 heavy (non-hydrogen) atoms. The summed E-state index contributed by atoms with van der Waals surface area (Å²) in [7, 11) is 0. The minimum atomic E-state index is 0.148. The number of hydrogen-bond donors (Lipinski definition) is 0. The SMILES string of the molecule is Cc1ccc2scc(N3CCOCC3)c(=O)c2c1. The summed E-state index contributed by atoms with van der Waals surface area (Å²) in [5.41, 5.74) is 2.10. The van der Waals surface area contributed by atoms with Gasteiger partial charge < -0.3 is 9.64 Å². The third kappa shape index (κ3) is 2.02. The number of nitrogens with zero attached hydrogens (tertiary/aromatic N) is 1. The molecule has 3 nitrogen and oxygen atoms in total. The molecule has 1 saturated heterocycles. The molecule has 0 N–H and O–H groups in total. The first-order valence-electron chi connectivity index (χ1n) is 6.10. The molecule has 3 rings (SSSR count). The molecule has 0 unspecified atom stereocenters. The van der Waals surface area contributed by atoms with Crippen LogP contribution in [-0.2, 0) is 4.74 Å². The van der Waals surface area contributed by atoms with E-state index in [0.717, 1.165) is 34.4 Å². The van der Waals surface area contributed by atoms with Crippen LogP contribution >= 0.6 is 11.3 Å². The maximum Gasteiger partial charge on any atom is 0.211 e. The molecule has 0 bridgehead atoms. The zero-order valence-electron chi connectivity index (χ0n) is 10.3. The zero-order chi connectivity index (χ0) is 12.5. The topological polar surface area (TPSA) is 29.5 Å². The van der Waals surface area contributed by atoms with Crippen molar-refractivity contribution in [1.29, 1.82) is 0 Å². The number of hydrogen-bond acceptors (Lipinski definition) is 4. The van der Waals surface area contributed by atoms with Crippen molar-refractivity contribution in [3.05, 3.63) is 39.4 Å². The number of aryl methyl sites for hydroxylation is 1. The summed E-state index contributed by atoms with van der Waals surface area (Å²) in [6.07, 6.45) is 0. The highest BCUT2D eigenvalue weighted by Gasteiger charge is 2.15. The van der Waals surface area contributed by atoms with Gasteiger partial charge in [-0.25, -0.2) is 0 Å². The van der Waals surface area contributed by atoms with Gasteiger partial charge in [0.05, 0.1) is 18.9 Å². The minimum absolute atomic E-state index is 0.148. The lowest BCUT2D eigenvalue weighted by Gasteiger charge is -2.28. The van der Waals surface area contributed by atoms with Gasteiger partial charge in [-0.05, 0) is 19.1 Å². The van der Waals surface area contributed by atoms with Gasteiger partial charge in [0.15, 0.2) is 0 Å². The van der Waals surface area contributed by atoms with Crippen LogP contribution in [0.15, 0.2) is 28.4 Å². The van der Waals surface area contributed by atoms with Crippen molar-refractivity contribution >= 4 is 27.1 Å². The summed E-state index contributed by atoms with van der Waals surface area (Å²) in [4.78, 5) is 14.6. The third-order valence-corrected chi connectivity index (χ3v) is 4.21. The predicted molar refractivity (Wildman–Crippen MR) is 75.9 cm³/mol. The van der Waals surface area contributed by atoms with Crippen molar-refractivity contribution in [3.63, 3.8) is 0 Å². The summed E-state index contributed by atoms with van der Waals surface area (Å²) < 4.78 is 6.39. The Morgan fingerprint density at radius 2 is 2.06 bits per heavy atom. The van der Waals surface area contributed by atoms with Crippen molar-refractivity contribution in [2.24, 2.45) is 0 Å². The lowest BCUT2D eigenvalue weighted by Crippen LogP contribution is -2.38. The van der Waals surface area contributed by atoms with E-state index in [1.165, 1.54) is 0 Å². The van der Waals surface area contributed by atoms with Gasteiger partial charge >= 0.3 is 0 Å². The van der Waals surface area contributed by atoms with E-state index in [1.807, 2.05) is 30.5 Å². The Hall–Kier alpha value is -1.39. The monoisotopic (exact) mass is 261 g/mol. The van der Waals surface area contributed by atoms with Crippen molar-refractivity contribution in [2.45, 2.75) is 6.92 Å². The minimum Gasteiger partial charge on any atom is -0.378 e. The van der Waals surface area contributed by atoms with Gasteiger partial charge in [-0.2, -0.15) is 0 Å². The fourth-order valence-corrected chi connectivity index (χ4v) is 3.18. The smallest absolute Gasteiger partial charge is 0.211 e. The summed E-state index contributed by atoms with van der Waals surface area (Å²) in [6, 6.07) is 6.06. The highest BCUT2D eigenvalue weighted by Crippen LogP contribution is 2.22. The standard InChI is InChI=1S/C14H15NO2S/c1-10-2-3-13-11(8-10)14(16)12(9-18-13)15-4-6-17-7-5-15/h2-3,8-9H,4-7H2,1H3. The molecule has 2 aromatic rings. The van der Waals surface area contributed by atoms with Gasteiger partial charge in [-0.15, -0.1) is 11.3 Å². The van der Waals surface area contributed by atoms with Gasteiger partial charge in [0.2, 0.25) is 5.43 Å². The van der Waals surface area contributed by atoms with Gasteiger partial charge in [-0.3, -0.25) is 4.79 Å². The van der Waals surface area contributed by atoms with Crippen LogP contribution in [-0.4, -0.2) is 26.3 Å². The number of morpholine rings is 1. The highest BCUT2D eigenvalue weighted by atomic mass is 32.1. The van der Waals surface area contributed by atoms with Crippen molar-refractivity contribution < 1.29 is 4.74 Å². The van der Waals surface area contributed by atoms with Crippen molar-refractivity contribution in [1.82, 2.24) is 0 Å². The van der Waals surface area contributed by atoms with E-state index >= 15 is 0 Å². The first-order chi connectivity index (χ1) is 8.75. The predicted octanol–water partition coefficient (Wildman–Crippen LogP) is 2.41. The Morgan fingerprint density at radius 1 is 1.28 bits per heavy atom. The molecule has 1 aliphatic heterocycles. The van der Waals surface area contributed by atoms with Crippen LogP contribution in [0.2, 0.25) is 0 Å². The van der Waals surface area contributed by atoms with Crippen LogP contribution in [0.25, 0.3) is 10.1 Å². The summed E-state index contributed by atoms with van der Waals surface area (Å²) in [5.74, 6) is 0. The van der Waals surface area contributed by atoms with Gasteiger partial charge in [0.1, 0.15) is 0 Å². The average molecular weight is 261 g/mol. The number of anilines is 1. The van der Waals surface area contributed by atoms with Gasteiger partial charge in [0, 0.05) is 28.6 Å². The second-order valence-corrected chi connectivity index (χ2v) is 5.46. The number of fused-ring (bicyclic) bond motifs is 1. The Labute approximate surface area is 110 Å². The average Bonchev–Trinajstić information content (AvgIpc) is 2.41. The Morgan fingerprint density at radius 3 is 2.83 bits per heavy atom. The van der Waals surface area contributed by atoms with Crippen molar-refractivity contribution in [2.75, 3.05) is 31.2 Å². The molecule has 0 saturated carbocycles. The van der Waals surface area contributed by atoms with Crippen molar-refractivity contribution in [3.8, 4) is 0 Å². The van der Waals surface area contributed by atoms with E-state index < -0.39 is 0 Å². The molecule has 1 aromatic carbocycles. The molecule has 4 heteroatoms. The lowest BCUT2D eigenvalue weighted by atomic mass is 10.1. The molecule has 2 heterocycles. The maximum atomic E-state index is 12.5. The fourth-order valence-electron chi connectivity index (χ4n) is 2.26. The van der Waals surface area contributed by atoms with E-state index in [-0.39, 0.29) is 5.43 Å². The molecule has 0 atom stereocenters. The molecule has 0 radical (unpaired) electrons. The molecule has 94 valence electrons. The Kier molecular flexibility index (Phi) is 3.06. The van der Waals surface area contributed by atoms with Crippen LogP contribution in [0.1, 0.15) is 5.56 Å². The van der Waals surface area contributed by atoms with E-state index in [1.54, 1.807) is 11.3 Å². The highest BCUT2D eigenvalue weighted by molar-refractivity contribution is 7.16. The number of benzene rings is 1. The molecule has 1 aromatic heterocycles. The van der Waals surface area contributed by atoms with E-state index in [9.17, 15) is 4.79 Å². The molecule has 0 amide bonds. The number of ether oxygens (including phenoxy) is 1.